The highest BCUT2D eigenvalue weighted by Crippen LogP contribution is 2.24. The van der Waals surface area contributed by atoms with Gasteiger partial charge < -0.3 is 4.42 Å². The Balaban J connectivity index is 2.15. The molecule has 2 heterocycles. The third kappa shape index (κ3) is 1.97. The summed E-state index contributed by atoms with van der Waals surface area (Å²) < 4.78 is 6.56. The second-order valence-corrected chi connectivity index (χ2v) is 4.53. The molecule has 0 unspecified atom stereocenters. The van der Waals surface area contributed by atoms with E-state index in [0.29, 0.717) is 12.0 Å². The van der Waals surface area contributed by atoms with Crippen molar-refractivity contribution in [2.75, 3.05) is 0 Å². The lowest BCUT2D eigenvalue weighted by Gasteiger charge is -2.03. The zero-order valence-corrected chi connectivity index (χ0v) is 10.8. The first-order chi connectivity index (χ1) is 9.69. The molecule has 3 rings (SSSR count). The molecule has 98 valence electrons. The number of pyridine rings is 1. The maximum atomic E-state index is 11.5. The Kier molecular flexibility index (Phi) is 2.84. The van der Waals surface area contributed by atoms with E-state index in [9.17, 15) is 4.79 Å². The maximum absolute atomic E-state index is 11.5. The Morgan fingerprint density at radius 3 is 2.95 bits per heavy atom. The van der Waals surface area contributed by atoms with E-state index in [4.69, 9.17) is 9.68 Å². The molecule has 0 N–H and O–H groups in total. The van der Waals surface area contributed by atoms with Crippen molar-refractivity contribution in [2.45, 2.75) is 6.42 Å². The third-order valence-electron chi connectivity index (χ3n) is 3.20. The number of rotatable bonds is 2. The lowest BCUT2D eigenvalue weighted by atomic mass is 10.0. The smallest absolute Gasteiger partial charge is 0.408 e. The molecule has 20 heavy (non-hydrogen) atoms. The van der Waals surface area contributed by atoms with E-state index in [1.807, 2.05) is 18.2 Å². The van der Waals surface area contributed by atoms with Crippen LogP contribution in [0.3, 0.4) is 0 Å². The van der Waals surface area contributed by atoms with Crippen LogP contribution in [0.1, 0.15) is 5.56 Å². The van der Waals surface area contributed by atoms with Gasteiger partial charge in [-0.1, -0.05) is 6.07 Å². The number of fused-ring (bicyclic) bond motifs is 1. The second kappa shape index (κ2) is 4.67. The van der Waals surface area contributed by atoms with E-state index in [-0.39, 0.29) is 5.76 Å². The summed E-state index contributed by atoms with van der Waals surface area (Å²) in [5, 5.41) is 8.73. The van der Waals surface area contributed by atoms with E-state index in [1.165, 1.54) is 4.57 Å². The maximum Gasteiger partial charge on any atom is 0.419 e. The molecule has 5 heteroatoms. The van der Waals surface area contributed by atoms with Crippen molar-refractivity contribution in [2.24, 2.45) is 7.05 Å². The number of nitriles is 1. The van der Waals surface area contributed by atoms with Crippen LogP contribution in [0.5, 0.6) is 0 Å². The summed E-state index contributed by atoms with van der Waals surface area (Å²) in [4.78, 5) is 15.6. The quantitative estimate of drug-likeness (QED) is 0.712. The predicted molar refractivity (Wildman–Crippen MR) is 74.0 cm³/mol. The van der Waals surface area contributed by atoms with Crippen LogP contribution in [0, 0.1) is 11.3 Å². The Morgan fingerprint density at radius 1 is 1.30 bits per heavy atom. The number of nitrogens with zero attached hydrogens (tertiary/aromatic N) is 3. The zero-order valence-electron chi connectivity index (χ0n) is 10.8. The Morgan fingerprint density at radius 2 is 2.15 bits per heavy atom. The number of aryl methyl sites for hydroxylation is 1. The summed E-state index contributed by atoms with van der Waals surface area (Å²) in [5.74, 6) is -0.381. The molecular formula is C15H11N3O2. The van der Waals surface area contributed by atoms with E-state index in [2.05, 4.69) is 11.1 Å². The number of oxazole rings is 1. The third-order valence-corrected chi connectivity index (χ3v) is 3.20. The average molecular weight is 265 g/mol. The van der Waals surface area contributed by atoms with Gasteiger partial charge in [0.1, 0.15) is 0 Å². The van der Waals surface area contributed by atoms with Gasteiger partial charge in [-0.3, -0.25) is 9.55 Å². The Hall–Kier alpha value is -2.87. The molecule has 0 atom stereocenters. The first kappa shape index (κ1) is 12.2. The van der Waals surface area contributed by atoms with Gasteiger partial charge in [-0.05, 0) is 29.3 Å². The minimum Gasteiger partial charge on any atom is -0.408 e. The molecule has 0 bridgehead atoms. The van der Waals surface area contributed by atoms with E-state index >= 15 is 0 Å². The summed E-state index contributed by atoms with van der Waals surface area (Å²) in [6.45, 7) is 0. The molecule has 1 aromatic carbocycles. The molecule has 0 fully saturated rings. The zero-order chi connectivity index (χ0) is 14.1. The van der Waals surface area contributed by atoms with Crippen LogP contribution >= 0.6 is 0 Å². The summed E-state index contributed by atoms with van der Waals surface area (Å²) in [6.07, 6.45) is 3.74. The molecule has 0 aliphatic carbocycles. The van der Waals surface area contributed by atoms with Gasteiger partial charge in [0.25, 0.3) is 0 Å². The molecule has 2 aromatic heterocycles. The van der Waals surface area contributed by atoms with E-state index in [1.54, 1.807) is 25.5 Å². The highest BCUT2D eigenvalue weighted by Gasteiger charge is 2.08. The summed E-state index contributed by atoms with van der Waals surface area (Å²) in [7, 11) is 1.67. The fourth-order valence-corrected chi connectivity index (χ4v) is 2.14. The molecule has 0 saturated heterocycles. The van der Waals surface area contributed by atoms with E-state index < -0.39 is 0 Å². The minimum absolute atomic E-state index is 0.327. The molecule has 0 radical (unpaired) electrons. The van der Waals surface area contributed by atoms with Crippen LogP contribution in [-0.4, -0.2) is 9.55 Å². The highest BCUT2D eigenvalue weighted by atomic mass is 16.4. The van der Waals surface area contributed by atoms with Crippen LogP contribution in [0.2, 0.25) is 0 Å². The van der Waals surface area contributed by atoms with Gasteiger partial charge in [0.05, 0.1) is 18.0 Å². The van der Waals surface area contributed by atoms with Crippen molar-refractivity contribution in [3.05, 3.63) is 52.8 Å². The minimum atomic E-state index is -0.381. The summed E-state index contributed by atoms with van der Waals surface area (Å²) in [5.41, 5.74) is 4.00. The number of aromatic nitrogens is 2. The number of hydrogen-bond acceptors (Lipinski definition) is 4. The van der Waals surface area contributed by atoms with Crippen LogP contribution in [0.15, 0.2) is 45.9 Å². The van der Waals surface area contributed by atoms with Crippen molar-refractivity contribution < 1.29 is 4.42 Å². The lowest BCUT2D eigenvalue weighted by molar-refractivity contribution is 0.528. The van der Waals surface area contributed by atoms with Gasteiger partial charge in [0.15, 0.2) is 5.58 Å². The highest BCUT2D eigenvalue weighted by molar-refractivity contribution is 5.80. The second-order valence-electron chi connectivity index (χ2n) is 4.53. The molecule has 0 aliphatic heterocycles. The van der Waals surface area contributed by atoms with Gasteiger partial charge in [-0.25, -0.2) is 4.79 Å². The van der Waals surface area contributed by atoms with Crippen molar-refractivity contribution in [3.63, 3.8) is 0 Å². The predicted octanol–water partition coefficient (Wildman–Crippen LogP) is 2.26. The van der Waals surface area contributed by atoms with Crippen molar-refractivity contribution >= 4 is 11.1 Å². The fourth-order valence-electron chi connectivity index (χ4n) is 2.14. The summed E-state index contributed by atoms with van der Waals surface area (Å²) >= 11 is 0. The SMILES string of the molecule is Cn1c(=O)oc2ccc(-c3cncc(CC#N)c3)cc21. The number of hydrogen-bond donors (Lipinski definition) is 0. The fraction of sp³-hybridized carbons (Fsp3) is 0.133. The van der Waals surface area contributed by atoms with Gasteiger partial charge >= 0.3 is 5.76 Å². The van der Waals surface area contributed by atoms with Gasteiger partial charge in [-0.2, -0.15) is 5.26 Å². The van der Waals surface area contributed by atoms with Crippen LogP contribution < -0.4 is 5.76 Å². The first-order valence-electron chi connectivity index (χ1n) is 6.10. The van der Waals surface area contributed by atoms with Crippen molar-refractivity contribution in [1.82, 2.24) is 9.55 Å². The Bertz CT molecular complexity index is 884. The molecule has 0 amide bonds. The molecule has 0 aliphatic rings. The lowest BCUT2D eigenvalue weighted by Crippen LogP contribution is -2.08. The largest absolute Gasteiger partial charge is 0.419 e. The summed E-state index contributed by atoms with van der Waals surface area (Å²) in [6, 6.07) is 9.55. The standard InChI is InChI=1S/C15H11N3O2/c1-18-13-7-11(2-3-14(13)20-15(18)19)12-6-10(4-5-16)8-17-9-12/h2-3,6-9H,4H2,1H3. The van der Waals surface area contributed by atoms with Crippen LogP contribution in [0.25, 0.3) is 22.2 Å². The molecule has 0 saturated carbocycles. The van der Waals surface area contributed by atoms with Crippen LogP contribution in [0.4, 0.5) is 0 Å². The average Bonchev–Trinajstić information content (AvgIpc) is 2.75. The molecule has 3 aromatic rings. The normalized spacial score (nSPS) is 10.6. The topological polar surface area (TPSA) is 71.8 Å². The van der Waals surface area contributed by atoms with Gasteiger partial charge in [0, 0.05) is 25.0 Å². The number of benzene rings is 1. The van der Waals surface area contributed by atoms with Crippen molar-refractivity contribution in [1.29, 1.82) is 5.26 Å². The van der Waals surface area contributed by atoms with Gasteiger partial charge in [-0.15, -0.1) is 0 Å². The van der Waals surface area contributed by atoms with E-state index in [0.717, 1.165) is 22.2 Å². The molecule has 5 nitrogen and oxygen atoms in total. The van der Waals surface area contributed by atoms with Crippen molar-refractivity contribution in [3.8, 4) is 17.2 Å². The monoisotopic (exact) mass is 265 g/mol. The molecular weight excluding hydrogens is 254 g/mol. The molecule has 0 spiro atoms. The first-order valence-corrected chi connectivity index (χ1v) is 6.10. The Labute approximate surface area is 114 Å². The van der Waals surface area contributed by atoms with Gasteiger partial charge in [0.2, 0.25) is 0 Å². The van der Waals surface area contributed by atoms with Crippen LogP contribution in [-0.2, 0) is 13.5 Å².